The van der Waals surface area contributed by atoms with Crippen LogP contribution >= 0.6 is 0 Å². The summed E-state index contributed by atoms with van der Waals surface area (Å²) < 4.78 is 6.08. The summed E-state index contributed by atoms with van der Waals surface area (Å²) in [5.74, 6) is -0.989. The normalized spacial score (nSPS) is 26.9. The lowest BCUT2D eigenvalue weighted by molar-refractivity contribution is -0.148. The Morgan fingerprint density at radius 1 is 1.03 bits per heavy atom. The molecule has 7 heteroatoms. The Hall–Kier alpha value is -3.79. The zero-order chi connectivity index (χ0) is 20.6. The number of nitrogens with two attached hydrogens (primary N) is 1. The van der Waals surface area contributed by atoms with Gasteiger partial charge < -0.3 is 20.3 Å². The largest absolute Gasteiger partial charge is 0.455 e. The number of ether oxygens (including phenoxy) is 1. The van der Waals surface area contributed by atoms with Crippen LogP contribution in [-0.2, 0) is 25.3 Å². The number of fused-ring (bicyclic) bond motifs is 5. The second-order valence-electron chi connectivity index (χ2n) is 7.33. The van der Waals surface area contributed by atoms with E-state index in [9.17, 15) is 14.9 Å². The van der Waals surface area contributed by atoms with Crippen LogP contribution in [0.5, 0.6) is 0 Å². The lowest BCUT2D eigenvalue weighted by Gasteiger charge is -2.37. The zero-order valence-corrected chi connectivity index (χ0v) is 16.0. The Morgan fingerprint density at radius 3 is 2.31 bits per heavy atom. The van der Waals surface area contributed by atoms with Gasteiger partial charge in [-0.1, -0.05) is 36.4 Å². The molecular formula is C22H18N4O3. The smallest absolute Gasteiger partial charge is 0.277 e. The first-order chi connectivity index (χ1) is 14.0. The standard InChI is InChI=1S/C22H18N4O3/c1-3-26-17-11-7-4-8-13(17)21(19(26)27)15(12-23)18(24)29-22(21)14-9-5-6-10-16(14)25(2)20(22)28/h4-11H,3,24H2,1-2H3. The Balaban J connectivity index is 1.96. The number of nitriles is 1. The van der Waals surface area contributed by atoms with E-state index in [4.69, 9.17) is 10.5 Å². The first kappa shape index (κ1) is 17.3. The minimum absolute atomic E-state index is 0.0237. The molecule has 0 bridgehead atoms. The highest BCUT2D eigenvalue weighted by molar-refractivity contribution is 6.20. The highest BCUT2D eigenvalue weighted by Crippen LogP contribution is 2.65. The number of anilines is 2. The molecule has 2 spiro atoms. The summed E-state index contributed by atoms with van der Waals surface area (Å²) in [4.78, 5) is 30.8. The van der Waals surface area contributed by atoms with Crippen molar-refractivity contribution in [1.82, 2.24) is 0 Å². The second-order valence-corrected chi connectivity index (χ2v) is 7.33. The number of para-hydroxylation sites is 2. The van der Waals surface area contributed by atoms with Gasteiger partial charge in [0.25, 0.3) is 5.91 Å². The van der Waals surface area contributed by atoms with Crippen LogP contribution in [0, 0.1) is 11.3 Å². The summed E-state index contributed by atoms with van der Waals surface area (Å²) in [6.45, 7) is 2.24. The molecule has 0 aromatic heterocycles. The van der Waals surface area contributed by atoms with E-state index in [1.807, 2.05) is 25.1 Å². The Kier molecular flexibility index (Phi) is 3.22. The molecule has 29 heavy (non-hydrogen) atoms. The van der Waals surface area contributed by atoms with E-state index < -0.39 is 16.9 Å². The molecule has 3 aliphatic heterocycles. The highest BCUT2D eigenvalue weighted by Gasteiger charge is 2.78. The lowest BCUT2D eigenvalue weighted by atomic mass is 9.62. The van der Waals surface area contributed by atoms with Crippen LogP contribution in [-0.4, -0.2) is 25.4 Å². The van der Waals surface area contributed by atoms with E-state index in [-0.39, 0.29) is 17.4 Å². The fourth-order valence-corrected chi connectivity index (χ4v) is 5.13. The third kappa shape index (κ3) is 1.61. The quantitative estimate of drug-likeness (QED) is 0.807. The SMILES string of the molecule is CCN1C(=O)C2(C(C#N)=C(N)OC23C(=O)N(C)c2ccccc23)c2ccccc21. The van der Waals surface area contributed by atoms with Gasteiger partial charge in [-0.3, -0.25) is 9.59 Å². The van der Waals surface area contributed by atoms with Gasteiger partial charge in [-0.15, -0.1) is 0 Å². The first-order valence-corrected chi connectivity index (χ1v) is 9.35. The highest BCUT2D eigenvalue weighted by atomic mass is 16.5. The van der Waals surface area contributed by atoms with Crippen LogP contribution in [0.3, 0.4) is 0 Å². The van der Waals surface area contributed by atoms with Gasteiger partial charge in [0.15, 0.2) is 5.41 Å². The Labute approximate surface area is 167 Å². The van der Waals surface area contributed by atoms with Crippen molar-refractivity contribution in [2.45, 2.75) is 17.9 Å². The molecule has 0 radical (unpaired) electrons. The third-order valence-corrected chi connectivity index (χ3v) is 6.26. The number of rotatable bonds is 1. The number of carbonyl (C=O) groups is 2. The molecule has 2 aromatic carbocycles. The predicted molar refractivity (Wildman–Crippen MR) is 106 cm³/mol. The lowest BCUT2D eigenvalue weighted by Crippen LogP contribution is -2.58. The molecular weight excluding hydrogens is 368 g/mol. The summed E-state index contributed by atoms with van der Waals surface area (Å²) in [6, 6.07) is 16.5. The van der Waals surface area contributed by atoms with Gasteiger partial charge in [0, 0.05) is 30.4 Å². The predicted octanol–water partition coefficient (Wildman–Crippen LogP) is 1.89. The molecule has 0 saturated heterocycles. The van der Waals surface area contributed by atoms with E-state index in [0.717, 1.165) is 0 Å². The van der Waals surface area contributed by atoms with Crippen LogP contribution in [0.2, 0.25) is 0 Å². The number of likely N-dealkylation sites (N-methyl/N-ethyl adjacent to an activating group) is 2. The molecule has 0 fully saturated rings. The van der Waals surface area contributed by atoms with Crippen LogP contribution in [0.15, 0.2) is 60.0 Å². The second kappa shape index (κ2) is 5.39. The topological polar surface area (TPSA) is 99.7 Å². The number of amides is 2. The van der Waals surface area contributed by atoms with Crippen LogP contribution in [0.25, 0.3) is 0 Å². The Bertz CT molecular complexity index is 1180. The summed E-state index contributed by atoms with van der Waals surface area (Å²) >= 11 is 0. The first-order valence-electron chi connectivity index (χ1n) is 9.35. The van der Waals surface area contributed by atoms with Crippen LogP contribution < -0.4 is 15.5 Å². The van der Waals surface area contributed by atoms with E-state index in [0.29, 0.717) is 29.0 Å². The molecule has 2 amide bonds. The molecule has 0 saturated carbocycles. The number of nitrogens with zero attached hydrogens (tertiary/aromatic N) is 3. The van der Waals surface area contributed by atoms with Crippen molar-refractivity contribution in [3.05, 3.63) is 71.1 Å². The van der Waals surface area contributed by atoms with Crippen molar-refractivity contribution < 1.29 is 14.3 Å². The minimum Gasteiger partial charge on any atom is -0.455 e. The van der Waals surface area contributed by atoms with Gasteiger partial charge in [0.1, 0.15) is 11.6 Å². The molecule has 7 nitrogen and oxygen atoms in total. The molecule has 2 unspecified atom stereocenters. The summed E-state index contributed by atoms with van der Waals surface area (Å²) in [5.41, 5.74) is 5.08. The van der Waals surface area contributed by atoms with E-state index in [1.54, 1.807) is 42.3 Å². The van der Waals surface area contributed by atoms with Crippen molar-refractivity contribution >= 4 is 23.2 Å². The summed E-state index contributed by atoms with van der Waals surface area (Å²) in [5, 5.41) is 10.0. The maximum Gasteiger partial charge on any atom is 0.277 e. The Morgan fingerprint density at radius 2 is 1.66 bits per heavy atom. The molecule has 3 aliphatic rings. The van der Waals surface area contributed by atoms with Gasteiger partial charge in [-0.2, -0.15) is 5.26 Å². The van der Waals surface area contributed by atoms with Crippen molar-refractivity contribution in [3.63, 3.8) is 0 Å². The fraction of sp³-hybridized carbons (Fsp3) is 0.227. The molecule has 2 aromatic rings. The van der Waals surface area contributed by atoms with Gasteiger partial charge in [-0.25, -0.2) is 0 Å². The van der Waals surface area contributed by atoms with Gasteiger partial charge in [0.05, 0.1) is 5.69 Å². The molecule has 2 N–H and O–H groups in total. The molecule has 2 atom stereocenters. The average molecular weight is 386 g/mol. The summed E-state index contributed by atoms with van der Waals surface area (Å²) in [6.07, 6.45) is 0. The number of carbonyl (C=O) groups excluding carboxylic acids is 2. The number of hydrogen-bond donors (Lipinski definition) is 1. The zero-order valence-electron chi connectivity index (χ0n) is 16.0. The molecule has 144 valence electrons. The average Bonchev–Trinajstić information content (AvgIpc) is 3.24. The van der Waals surface area contributed by atoms with Crippen LogP contribution in [0.1, 0.15) is 18.1 Å². The van der Waals surface area contributed by atoms with Gasteiger partial charge in [0.2, 0.25) is 17.4 Å². The molecule has 3 heterocycles. The molecule has 5 rings (SSSR count). The summed E-state index contributed by atoms with van der Waals surface area (Å²) in [7, 11) is 1.64. The maximum absolute atomic E-state index is 14.0. The van der Waals surface area contributed by atoms with E-state index in [2.05, 4.69) is 6.07 Å². The van der Waals surface area contributed by atoms with Crippen molar-refractivity contribution in [2.75, 3.05) is 23.4 Å². The number of benzene rings is 2. The van der Waals surface area contributed by atoms with Crippen molar-refractivity contribution in [2.24, 2.45) is 5.73 Å². The molecule has 0 aliphatic carbocycles. The maximum atomic E-state index is 14.0. The fourth-order valence-electron chi connectivity index (χ4n) is 5.13. The van der Waals surface area contributed by atoms with Gasteiger partial charge >= 0.3 is 0 Å². The monoisotopic (exact) mass is 386 g/mol. The van der Waals surface area contributed by atoms with Crippen LogP contribution in [0.4, 0.5) is 11.4 Å². The van der Waals surface area contributed by atoms with E-state index >= 15 is 0 Å². The minimum atomic E-state index is -1.76. The number of hydrogen-bond acceptors (Lipinski definition) is 5. The van der Waals surface area contributed by atoms with E-state index in [1.165, 1.54) is 4.90 Å². The van der Waals surface area contributed by atoms with Crippen molar-refractivity contribution in [3.8, 4) is 6.07 Å². The third-order valence-electron chi connectivity index (χ3n) is 6.26. The van der Waals surface area contributed by atoms with Crippen molar-refractivity contribution in [1.29, 1.82) is 5.26 Å². The van der Waals surface area contributed by atoms with Gasteiger partial charge in [-0.05, 0) is 19.1 Å².